The van der Waals surface area contributed by atoms with Crippen LogP contribution in [0.2, 0.25) is 0 Å². The van der Waals surface area contributed by atoms with Crippen molar-refractivity contribution in [1.29, 1.82) is 0 Å². The van der Waals surface area contributed by atoms with Crippen LogP contribution in [0.25, 0.3) is 0 Å². The monoisotopic (exact) mass is 402 g/mol. The van der Waals surface area contributed by atoms with E-state index in [2.05, 4.69) is 29.7 Å². The second-order valence-electron chi connectivity index (χ2n) is 2.38. The molecule has 0 bridgehead atoms. The third kappa shape index (κ3) is 2.03. The zero-order valence-electron chi connectivity index (χ0n) is 6.29. The number of rotatable bonds is 1. The quantitative estimate of drug-likeness (QED) is 0.655. The zero-order valence-corrected chi connectivity index (χ0v) is 14.2. The average Bonchev–Trinajstić information content (AvgIpc) is 2.17. The third-order valence-corrected chi connectivity index (χ3v) is 13.6. The zero-order chi connectivity index (χ0) is 8.39. The summed E-state index contributed by atoms with van der Waals surface area (Å²) in [6, 6.07) is 8.49. The van der Waals surface area contributed by atoms with Gasteiger partial charge in [0, 0.05) is 0 Å². The first kappa shape index (κ1) is 9.44. The van der Waals surface area contributed by atoms with E-state index in [-0.39, 0.29) is 0 Å². The van der Waals surface area contributed by atoms with Crippen LogP contribution in [0.5, 0.6) is 0 Å². The predicted molar refractivity (Wildman–Crippen MR) is 52.1 cm³/mol. The van der Waals surface area contributed by atoms with Crippen molar-refractivity contribution in [2.45, 2.75) is 9.79 Å². The number of fused-ring (bicyclic) bond motifs is 1. The second-order valence-corrected chi connectivity index (χ2v) is 12.8. The maximum atomic E-state index is 5.97. The first-order valence-corrected chi connectivity index (χ1v) is 14.8. The van der Waals surface area contributed by atoms with Gasteiger partial charge in [0.25, 0.3) is 0 Å². The van der Waals surface area contributed by atoms with E-state index in [1.807, 2.05) is 23.5 Å². The van der Waals surface area contributed by atoms with Gasteiger partial charge >= 0.3 is 97.0 Å². The molecule has 0 aromatic heterocycles. The van der Waals surface area contributed by atoms with E-state index in [0.717, 1.165) is 0 Å². The summed E-state index contributed by atoms with van der Waals surface area (Å²) >= 11 is 2.51. The molecule has 0 aliphatic carbocycles. The van der Waals surface area contributed by atoms with Crippen LogP contribution in [0.15, 0.2) is 41.9 Å². The van der Waals surface area contributed by atoms with Gasteiger partial charge < -0.3 is 0 Å². The molecular weight excluding hydrogens is 396 g/mol. The van der Waals surface area contributed by atoms with Crippen LogP contribution in [-0.4, -0.2) is 0 Å². The Kier molecular flexibility index (Phi) is 3.46. The van der Waals surface area contributed by atoms with Crippen LogP contribution < -0.4 is 0 Å². The van der Waals surface area contributed by atoms with Crippen molar-refractivity contribution in [3.05, 3.63) is 32.1 Å². The summed E-state index contributed by atoms with van der Waals surface area (Å²) in [5.41, 5.74) is 0. The Morgan fingerprint density at radius 2 is 1.92 bits per heavy atom. The average molecular weight is 401 g/mol. The molecule has 2 rings (SSSR count). The number of thioether (sulfide) groups is 2. The molecule has 0 saturated heterocycles. The topological polar surface area (TPSA) is 0 Å². The molecule has 0 atom stereocenters. The van der Waals surface area contributed by atoms with E-state index in [4.69, 9.17) is 8.25 Å². The molecule has 1 aliphatic heterocycles. The van der Waals surface area contributed by atoms with Gasteiger partial charge in [0.1, 0.15) is 0 Å². The first-order valence-electron chi connectivity index (χ1n) is 3.58. The standard InChI is InChI=1S/C8H5S2.ClH.Hg/c1-2-4-8-7(3-1)9-5-6-10-8;;/h1-5H;1H;/q;;+1/p-1. The predicted octanol–water partition coefficient (Wildman–Crippen LogP) is 3.92. The van der Waals surface area contributed by atoms with Gasteiger partial charge in [0.15, 0.2) is 0 Å². The maximum absolute atomic E-state index is 5.97. The molecule has 0 radical (unpaired) electrons. The summed E-state index contributed by atoms with van der Waals surface area (Å²) < 4.78 is 1.46. The van der Waals surface area contributed by atoms with Gasteiger partial charge in [-0.2, -0.15) is 0 Å². The molecule has 0 nitrogen and oxygen atoms in total. The van der Waals surface area contributed by atoms with Crippen LogP contribution in [0, 0.1) is 0 Å². The van der Waals surface area contributed by atoms with Crippen LogP contribution in [0.3, 0.4) is 0 Å². The summed E-state index contributed by atoms with van der Waals surface area (Å²) in [4.78, 5) is 2.74. The molecule has 0 N–H and O–H groups in total. The van der Waals surface area contributed by atoms with Crippen LogP contribution in [0.1, 0.15) is 0 Å². The van der Waals surface area contributed by atoms with Crippen molar-refractivity contribution in [3.63, 3.8) is 0 Å². The van der Waals surface area contributed by atoms with Gasteiger partial charge in [0.05, 0.1) is 0 Å². The Hall–Kier alpha value is 0.885. The minimum absolute atomic E-state index is 1.16. The van der Waals surface area contributed by atoms with Crippen molar-refractivity contribution in [2.75, 3.05) is 0 Å². The minimum atomic E-state index is -1.16. The van der Waals surface area contributed by atoms with E-state index in [1.54, 1.807) is 0 Å². The van der Waals surface area contributed by atoms with Crippen LogP contribution >= 0.6 is 31.8 Å². The van der Waals surface area contributed by atoms with Gasteiger partial charge in [-0.3, -0.25) is 0 Å². The van der Waals surface area contributed by atoms with E-state index in [0.29, 0.717) is 0 Å². The van der Waals surface area contributed by atoms with Gasteiger partial charge in [0.2, 0.25) is 0 Å². The fourth-order valence-corrected chi connectivity index (χ4v) is 10.2. The van der Waals surface area contributed by atoms with E-state index in [1.165, 1.54) is 12.2 Å². The fourth-order valence-electron chi connectivity index (χ4n) is 0.985. The van der Waals surface area contributed by atoms with E-state index < -0.39 is 23.3 Å². The van der Waals surface area contributed by atoms with Crippen molar-refractivity contribution in [1.82, 2.24) is 0 Å². The summed E-state index contributed by atoms with van der Waals surface area (Å²) in [5.74, 6) is 0. The van der Waals surface area contributed by atoms with Crippen molar-refractivity contribution in [2.24, 2.45) is 0 Å². The molecule has 12 heavy (non-hydrogen) atoms. The molecular formula is C8H5ClHgS2. The van der Waals surface area contributed by atoms with Crippen molar-refractivity contribution in [3.8, 4) is 0 Å². The molecule has 1 heterocycles. The molecule has 4 heteroatoms. The van der Waals surface area contributed by atoms with Crippen LogP contribution in [0.4, 0.5) is 0 Å². The summed E-state index contributed by atoms with van der Waals surface area (Å²) in [6.07, 6.45) is 0. The molecule has 0 saturated carbocycles. The Morgan fingerprint density at radius 3 is 2.67 bits per heavy atom. The van der Waals surface area contributed by atoms with Gasteiger partial charge in [-0.05, 0) is 0 Å². The molecule has 0 fully saturated rings. The molecule has 1 aromatic carbocycles. The first-order chi connectivity index (χ1) is 5.90. The van der Waals surface area contributed by atoms with Crippen molar-refractivity contribution < 1.29 is 23.3 Å². The van der Waals surface area contributed by atoms with E-state index in [9.17, 15) is 0 Å². The molecule has 0 spiro atoms. The summed E-state index contributed by atoms with van der Waals surface area (Å²) in [5, 5.41) is 2.22. The van der Waals surface area contributed by atoms with Crippen LogP contribution in [-0.2, 0) is 23.3 Å². The normalized spacial score (nSPS) is 14.6. The molecule has 0 amide bonds. The second kappa shape index (κ2) is 4.40. The Labute approximate surface area is 96.0 Å². The van der Waals surface area contributed by atoms with Gasteiger partial charge in [-0.15, -0.1) is 0 Å². The number of benzene rings is 1. The molecule has 1 aliphatic rings. The van der Waals surface area contributed by atoms with Crippen molar-refractivity contribution >= 4 is 31.8 Å². The van der Waals surface area contributed by atoms with Gasteiger partial charge in [-0.25, -0.2) is 0 Å². The number of halogens is 1. The van der Waals surface area contributed by atoms with Gasteiger partial charge in [-0.1, -0.05) is 0 Å². The third-order valence-electron chi connectivity index (χ3n) is 1.54. The Morgan fingerprint density at radius 1 is 1.17 bits per heavy atom. The summed E-state index contributed by atoms with van der Waals surface area (Å²) in [6.45, 7) is 0. The molecule has 0 unspecified atom stereocenters. The Balaban J connectivity index is 2.31. The number of hydrogen-bond acceptors (Lipinski definition) is 2. The number of hydrogen-bond donors (Lipinski definition) is 0. The fraction of sp³-hybridized carbons (Fsp3) is 0. The van der Waals surface area contributed by atoms with E-state index >= 15 is 0 Å². The molecule has 1 aromatic rings. The SMILES string of the molecule is [Cl][Hg][C]1=CSc2ccccc2S1. The Bertz CT molecular complexity index is 325. The summed E-state index contributed by atoms with van der Waals surface area (Å²) in [7, 11) is 5.97. The molecule has 58 valence electrons.